The summed E-state index contributed by atoms with van der Waals surface area (Å²) in [5.41, 5.74) is 0. The largest absolute Gasteiger partial charge is 0.479 e. The predicted molar refractivity (Wildman–Crippen MR) is 87.7 cm³/mol. The van der Waals surface area contributed by atoms with Crippen LogP contribution in [0.4, 0.5) is 0 Å². The molecule has 0 aliphatic rings. The van der Waals surface area contributed by atoms with E-state index in [9.17, 15) is 4.79 Å². The Hall–Kier alpha value is -1.98. The van der Waals surface area contributed by atoms with Crippen molar-refractivity contribution < 1.29 is 19.4 Å². The summed E-state index contributed by atoms with van der Waals surface area (Å²) in [4.78, 5) is 15.1. The molecule has 5 nitrogen and oxygen atoms in total. The zero-order valence-electron chi connectivity index (χ0n) is 12.3. The van der Waals surface area contributed by atoms with Crippen molar-refractivity contribution in [3.8, 4) is 17.4 Å². The number of ether oxygens (including phenoxy) is 2. The van der Waals surface area contributed by atoms with Crippen LogP contribution in [0, 0.1) is 0 Å². The Morgan fingerprint density at radius 2 is 1.91 bits per heavy atom. The van der Waals surface area contributed by atoms with Crippen LogP contribution < -0.4 is 9.47 Å². The number of nitrogens with zero attached hydrogens (tertiary/aromatic N) is 1. The van der Waals surface area contributed by atoms with Gasteiger partial charge in [-0.2, -0.15) is 0 Å². The van der Waals surface area contributed by atoms with Crippen molar-refractivity contribution in [2.45, 2.75) is 25.9 Å². The summed E-state index contributed by atoms with van der Waals surface area (Å²) < 4.78 is 11.0. The number of halogens is 2. The van der Waals surface area contributed by atoms with E-state index in [4.69, 9.17) is 37.8 Å². The minimum absolute atomic E-state index is 0.235. The standard InChI is InChI=1S/C16H15Cl2NO4/c1-2-3-14(16(20)21)22-11-4-6-12(7-5-11)23-15-13(18)8-10(17)9-19-15/h4-9,14H,2-3H2,1H3,(H,20,21). The molecule has 0 saturated heterocycles. The lowest BCUT2D eigenvalue weighted by Crippen LogP contribution is -2.26. The Morgan fingerprint density at radius 3 is 2.48 bits per heavy atom. The zero-order chi connectivity index (χ0) is 16.8. The molecule has 1 aromatic carbocycles. The SMILES string of the molecule is CCCC(Oc1ccc(Oc2ncc(Cl)cc2Cl)cc1)C(=O)O. The molecule has 2 rings (SSSR count). The highest BCUT2D eigenvalue weighted by atomic mass is 35.5. The molecule has 0 aliphatic carbocycles. The molecule has 0 radical (unpaired) electrons. The molecular formula is C16H15Cl2NO4. The van der Waals surface area contributed by atoms with E-state index in [1.165, 1.54) is 12.3 Å². The highest BCUT2D eigenvalue weighted by Gasteiger charge is 2.18. The van der Waals surface area contributed by atoms with Crippen molar-refractivity contribution in [2.75, 3.05) is 0 Å². The second-order valence-electron chi connectivity index (χ2n) is 4.75. The fourth-order valence-electron chi connectivity index (χ4n) is 1.83. The van der Waals surface area contributed by atoms with Crippen molar-refractivity contribution in [3.05, 3.63) is 46.6 Å². The first-order valence-electron chi connectivity index (χ1n) is 6.98. The lowest BCUT2D eigenvalue weighted by Gasteiger charge is -2.14. The summed E-state index contributed by atoms with van der Waals surface area (Å²) in [6.45, 7) is 1.90. The van der Waals surface area contributed by atoms with E-state index < -0.39 is 12.1 Å². The van der Waals surface area contributed by atoms with Crippen LogP contribution in [0.5, 0.6) is 17.4 Å². The number of rotatable bonds is 7. The topological polar surface area (TPSA) is 68.7 Å². The third kappa shape index (κ3) is 5.01. The van der Waals surface area contributed by atoms with Crippen LogP contribution in [0.2, 0.25) is 10.0 Å². The summed E-state index contributed by atoms with van der Waals surface area (Å²) in [5.74, 6) is 0.202. The molecule has 0 saturated carbocycles. The molecule has 0 spiro atoms. The van der Waals surface area contributed by atoms with Gasteiger partial charge in [-0.1, -0.05) is 36.5 Å². The van der Waals surface area contributed by atoms with Gasteiger partial charge < -0.3 is 14.6 Å². The molecule has 1 N–H and O–H groups in total. The van der Waals surface area contributed by atoms with Gasteiger partial charge in [-0.05, 0) is 36.8 Å². The molecule has 0 amide bonds. The van der Waals surface area contributed by atoms with Gasteiger partial charge in [-0.3, -0.25) is 0 Å². The summed E-state index contributed by atoms with van der Waals surface area (Å²) in [6, 6.07) is 8.08. The first-order valence-corrected chi connectivity index (χ1v) is 7.73. The number of carboxylic acid groups (broad SMARTS) is 1. The minimum Gasteiger partial charge on any atom is -0.479 e. The number of aromatic nitrogens is 1. The van der Waals surface area contributed by atoms with Gasteiger partial charge >= 0.3 is 5.97 Å². The maximum absolute atomic E-state index is 11.1. The fourth-order valence-corrected chi connectivity index (χ4v) is 2.25. The molecule has 122 valence electrons. The third-order valence-corrected chi connectivity index (χ3v) is 3.39. The van der Waals surface area contributed by atoms with Crippen molar-refractivity contribution in [1.82, 2.24) is 4.98 Å². The molecule has 7 heteroatoms. The van der Waals surface area contributed by atoms with E-state index in [2.05, 4.69) is 4.98 Å². The number of hydrogen-bond donors (Lipinski definition) is 1. The van der Waals surface area contributed by atoms with Crippen LogP contribution in [-0.4, -0.2) is 22.2 Å². The Kier molecular flexibility index (Phi) is 6.07. The highest BCUT2D eigenvalue weighted by molar-refractivity contribution is 6.35. The average Bonchev–Trinajstić information content (AvgIpc) is 2.51. The van der Waals surface area contributed by atoms with Crippen LogP contribution in [0.25, 0.3) is 0 Å². The molecule has 1 heterocycles. The van der Waals surface area contributed by atoms with Crippen molar-refractivity contribution >= 4 is 29.2 Å². The Bertz CT molecular complexity index is 676. The monoisotopic (exact) mass is 355 g/mol. The van der Waals surface area contributed by atoms with Crippen LogP contribution in [0.1, 0.15) is 19.8 Å². The minimum atomic E-state index is -0.982. The van der Waals surface area contributed by atoms with Gasteiger partial charge in [0.2, 0.25) is 5.88 Å². The van der Waals surface area contributed by atoms with Gasteiger partial charge in [0.1, 0.15) is 16.5 Å². The van der Waals surface area contributed by atoms with E-state index in [1.54, 1.807) is 24.3 Å². The van der Waals surface area contributed by atoms with Gasteiger partial charge in [0.25, 0.3) is 0 Å². The summed E-state index contributed by atoms with van der Waals surface area (Å²) in [5, 5.41) is 9.80. The molecule has 0 bridgehead atoms. The Balaban J connectivity index is 2.05. The van der Waals surface area contributed by atoms with Crippen molar-refractivity contribution in [1.29, 1.82) is 0 Å². The lowest BCUT2D eigenvalue weighted by atomic mass is 10.2. The van der Waals surface area contributed by atoms with Crippen molar-refractivity contribution in [2.24, 2.45) is 0 Å². The molecule has 0 aliphatic heterocycles. The number of benzene rings is 1. The quantitative estimate of drug-likeness (QED) is 0.771. The van der Waals surface area contributed by atoms with Gasteiger partial charge in [-0.15, -0.1) is 0 Å². The van der Waals surface area contributed by atoms with Gasteiger partial charge in [0, 0.05) is 6.20 Å². The first-order chi connectivity index (χ1) is 11.0. The third-order valence-electron chi connectivity index (χ3n) is 2.92. The maximum atomic E-state index is 11.1. The molecular weight excluding hydrogens is 341 g/mol. The van der Waals surface area contributed by atoms with Gasteiger partial charge in [-0.25, -0.2) is 9.78 Å². The summed E-state index contributed by atoms with van der Waals surface area (Å²) >= 11 is 11.8. The van der Waals surface area contributed by atoms with Gasteiger partial charge in [0.05, 0.1) is 5.02 Å². The molecule has 1 atom stereocenters. The highest BCUT2D eigenvalue weighted by Crippen LogP contribution is 2.30. The maximum Gasteiger partial charge on any atom is 0.344 e. The number of aliphatic carboxylic acids is 1. The molecule has 23 heavy (non-hydrogen) atoms. The summed E-state index contributed by atoms with van der Waals surface area (Å²) in [6.07, 6.45) is 1.73. The lowest BCUT2D eigenvalue weighted by molar-refractivity contribution is -0.145. The molecule has 0 fully saturated rings. The zero-order valence-corrected chi connectivity index (χ0v) is 13.8. The number of carboxylic acids is 1. The van der Waals surface area contributed by atoms with E-state index in [-0.39, 0.29) is 5.88 Å². The van der Waals surface area contributed by atoms with Crippen LogP contribution in [-0.2, 0) is 4.79 Å². The predicted octanol–water partition coefficient (Wildman–Crippen LogP) is 4.81. The molecule has 1 aromatic heterocycles. The van der Waals surface area contributed by atoms with Gasteiger partial charge in [0.15, 0.2) is 6.10 Å². The van der Waals surface area contributed by atoms with E-state index in [0.29, 0.717) is 28.0 Å². The van der Waals surface area contributed by atoms with E-state index >= 15 is 0 Å². The van der Waals surface area contributed by atoms with Crippen molar-refractivity contribution in [3.63, 3.8) is 0 Å². The normalized spacial score (nSPS) is 11.8. The van der Waals surface area contributed by atoms with Crippen LogP contribution in [0.3, 0.4) is 0 Å². The van der Waals surface area contributed by atoms with E-state index in [0.717, 1.165) is 6.42 Å². The van der Waals surface area contributed by atoms with Crippen LogP contribution in [0.15, 0.2) is 36.5 Å². The number of carbonyl (C=O) groups is 1. The number of hydrogen-bond acceptors (Lipinski definition) is 4. The smallest absolute Gasteiger partial charge is 0.344 e. The molecule has 2 aromatic rings. The first kappa shape index (κ1) is 17.4. The second-order valence-corrected chi connectivity index (χ2v) is 5.59. The second kappa shape index (κ2) is 8.04. The van der Waals surface area contributed by atoms with E-state index in [1.807, 2.05) is 6.92 Å². The Labute approximate surface area is 143 Å². The Morgan fingerprint density at radius 1 is 1.26 bits per heavy atom. The average molecular weight is 356 g/mol. The summed E-state index contributed by atoms with van der Waals surface area (Å²) in [7, 11) is 0. The number of pyridine rings is 1. The molecule has 1 unspecified atom stereocenters. The fraction of sp³-hybridized carbons (Fsp3) is 0.250. The van der Waals surface area contributed by atoms with Crippen LogP contribution >= 0.6 is 23.2 Å².